The number of hydrogen-bond donors (Lipinski definition) is 1. The van der Waals surface area contributed by atoms with Crippen LogP contribution in [0.5, 0.6) is 11.5 Å². The van der Waals surface area contributed by atoms with E-state index in [0.717, 1.165) is 5.56 Å². The molecule has 0 bridgehead atoms. The summed E-state index contributed by atoms with van der Waals surface area (Å²) in [7, 11) is 1.54. The second kappa shape index (κ2) is 8.50. The molecule has 1 unspecified atom stereocenters. The van der Waals surface area contributed by atoms with Crippen LogP contribution >= 0.6 is 0 Å². The monoisotopic (exact) mass is 286 g/mol. The average molecular weight is 286 g/mol. The molecule has 1 aromatic rings. The van der Waals surface area contributed by atoms with Crippen molar-refractivity contribution in [1.82, 2.24) is 5.32 Å². The molecule has 0 radical (unpaired) electrons. The smallest absolute Gasteiger partial charge is 0.221 e. The van der Waals surface area contributed by atoms with Crippen molar-refractivity contribution in [3.05, 3.63) is 23.8 Å². The first-order valence-corrected chi connectivity index (χ1v) is 6.52. The van der Waals surface area contributed by atoms with Crippen molar-refractivity contribution in [2.24, 2.45) is 0 Å². The van der Waals surface area contributed by atoms with Crippen molar-refractivity contribution in [3.63, 3.8) is 0 Å². The lowest BCUT2D eigenvalue weighted by molar-refractivity contribution is -0.121. The Hall–Kier alpha value is -2.66. The van der Waals surface area contributed by atoms with Gasteiger partial charge in [0.05, 0.1) is 13.2 Å². The van der Waals surface area contributed by atoms with Gasteiger partial charge in [-0.25, -0.2) is 0 Å². The lowest BCUT2D eigenvalue weighted by Gasteiger charge is -2.11. The number of nitrogens with one attached hydrogen (secondary N) is 1. The van der Waals surface area contributed by atoms with Gasteiger partial charge in [-0.05, 0) is 31.0 Å². The molecule has 21 heavy (non-hydrogen) atoms. The van der Waals surface area contributed by atoms with E-state index in [1.165, 1.54) is 0 Å². The molecule has 0 fully saturated rings. The van der Waals surface area contributed by atoms with E-state index >= 15 is 0 Å². The van der Waals surface area contributed by atoms with Crippen LogP contribution in [0.3, 0.4) is 0 Å². The molecule has 1 amide bonds. The molecule has 0 saturated carbocycles. The summed E-state index contributed by atoms with van der Waals surface area (Å²) in [6.45, 7) is 1.81. The zero-order chi connectivity index (χ0) is 15.7. The van der Waals surface area contributed by atoms with Gasteiger partial charge in [-0.1, -0.05) is 12.0 Å². The zero-order valence-electron chi connectivity index (χ0n) is 12.2. The van der Waals surface area contributed by atoms with Crippen LogP contribution in [-0.2, 0) is 11.2 Å². The van der Waals surface area contributed by atoms with Gasteiger partial charge in [0.15, 0.2) is 11.5 Å². The molecule has 1 aromatic carbocycles. The third kappa shape index (κ3) is 5.46. The summed E-state index contributed by atoms with van der Waals surface area (Å²) in [5.41, 5.74) is 0.944. The summed E-state index contributed by atoms with van der Waals surface area (Å²) in [4.78, 5) is 11.6. The van der Waals surface area contributed by atoms with E-state index in [2.05, 4.69) is 11.2 Å². The Balaban J connectivity index is 2.62. The molecule has 110 valence electrons. The summed E-state index contributed by atoms with van der Waals surface area (Å²) in [5, 5.41) is 11.2. The van der Waals surface area contributed by atoms with Gasteiger partial charge in [0.1, 0.15) is 12.6 Å². The Bertz CT molecular complexity index is 570. The number of rotatable bonds is 7. The maximum atomic E-state index is 11.6. The first kappa shape index (κ1) is 16.4. The number of benzene rings is 1. The summed E-state index contributed by atoms with van der Waals surface area (Å²) < 4.78 is 10.6. The zero-order valence-corrected chi connectivity index (χ0v) is 12.2. The molecule has 1 atom stereocenters. The largest absolute Gasteiger partial charge is 0.493 e. The van der Waals surface area contributed by atoms with Crippen LogP contribution < -0.4 is 14.8 Å². The Kier molecular flexibility index (Phi) is 6.63. The first-order valence-electron chi connectivity index (χ1n) is 6.52. The highest BCUT2D eigenvalue weighted by Crippen LogP contribution is 2.28. The number of hydrogen-bond acceptors (Lipinski definition) is 4. The second-order valence-corrected chi connectivity index (χ2v) is 4.40. The fourth-order valence-corrected chi connectivity index (χ4v) is 1.71. The Morgan fingerprint density at radius 3 is 2.86 bits per heavy atom. The lowest BCUT2D eigenvalue weighted by Crippen LogP contribution is -2.31. The molecule has 0 saturated heterocycles. The number of carbonyl (C=O) groups is 1. The second-order valence-electron chi connectivity index (χ2n) is 4.40. The predicted octanol–water partition coefficient (Wildman–Crippen LogP) is 1.67. The van der Waals surface area contributed by atoms with Gasteiger partial charge in [-0.15, -0.1) is 6.42 Å². The van der Waals surface area contributed by atoms with Crippen molar-refractivity contribution in [3.8, 4) is 29.9 Å². The van der Waals surface area contributed by atoms with Crippen molar-refractivity contribution in [2.45, 2.75) is 25.8 Å². The molecule has 0 aliphatic rings. The first-order chi connectivity index (χ1) is 10.1. The van der Waals surface area contributed by atoms with Crippen LogP contribution in [-0.4, -0.2) is 25.7 Å². The number of carbonyl (C=O) groups excluding carboxylic acids is 1. The highest BCUT2D eigenvalue weighted by molar-refractivity contribution is 5.76. The number of aryl methyl sites for hydroxylation is 1. The molecule has 0 spiro atoms. The van der Waals surface area contributed by atoms with Gasteiger partial charge >= 0.3 is 0 Å². The van der Waals surface area contributed by atoms with Gasteiger partial charge in [0.25, 0.3) is 0 Å². The average Bonchev–Trinajstić information content (AvgIpc) is 2.50. The molecule has 0 heterocycles. The molecule has 0 aromatic heterocycles. The minimum Gasteiger partial charge on any atom is -0.493 e. The highest BCUT2D eigenvalue weighted by atomic mass is 16.5. The van der Waals surface area contributed by atoms with E-state index in [9.17, 15) is 4.79 Å². The standard InChI is InChI=1S/C16H18N2O3/c1-4-9-21-14-7-5-13(10-15(14)20-3)6-8-16(19)18-12(2)11-17/h1,5,7,10,12H,6,8-9H2,2-3H3,(H,18,19). The van der Waals surface area contributed by atoms with Crippen LogP contribution in [0.15, 0.2) is 18.2 Å². The van der Waals surface area contributed by atoms with Crippen LogP contribution in [0.1, 0.15) is 18.9 Å². The van der Waals surface area contributed by atoms with Crippen LogP contribution in [0, 0.1) is 23.7 Å². The van der Waals surface area contributed by atoms with Crippen molar-refractivity contribution >= 4 is 5.91 Å². The third-order valence-electron chi connectivity index (χ3n) is 2.75. The fourth-order valence-electron chi connectivity index (χ4n) is 1.71. The summed E-state index contributed by atoms with van der Waals surface area (Å²) >= 11 is 0. The third-order valence-corrected chi connectivity index (χ3v) is 2.75. The number of ether oxygens (including phenoxy) is 2. The van der Waals surface area contributed by atoms with Gasteiger partial charge in [-0.3, -0.25) is 4.79 Å². The Labute approximate surface area is 124 Å². The van der Waals surface area contributed by atoms with E-state index in [-0.39, 0.29) is 12.5 Å². The van der Waals surface area contributed by atoms with Crippen molar-refractivity contribution in [1.29, 1.82) is 5.26 Å². The predicted molar refractivity (Wildman–Crippen MR) is 78.9 cm³/mol. The minimum absolute atomic E-state index is 0.157. The molecular formula is C16H18N2O3. The number of nitrogens with zero attached hydrogens (tertiary/aromatic N) is 1. The van der Waals surface area contributed by atoms with E-state index in [1.54, 1.807) is 20.1 Å². The lowest BCUT2D eigenvalue weighted by atomic mass is 10.1. The van der Waals surface area contributed by atoms with Crippen LogP contribution in [0.25, 0.3) is 0 Å². The number of amides is 1. The topological polar surface area (TPSA) is 71.3 Å². The quantitative estimate of drug-likeness (QED) is 0.774. The normalized spacial score (nSPS) is 10.9. The van der Waals surface area contributed by atoms with Crippen LogP contribution in [0.4, 0.5) is 0 Å². The highest BCUT2D eigenvalue weighted by Gasteiger charge is 2.09. The van der Waals surface area contributed by atoms with Gasteiger partial charge < -0.3 is 14.8 Å². The molecule has 1 rings (SSSR count). The van der Waals surface area contributed by atoms with Gasteiger partial charge in [0.2, 0.25) is 5.91 Å². The van der Waals surface area contributed by atoms with Gasteiger partial charge in [-0.2, -0.15) is 5.26 Å². The molecule has 5 heteroatoms. The molecule has 0 aliphatic carbocycles. The summed E-state index contributed by atoms with van der Waals surface area (Å²) in [5.74, 6) is 3.38. The SMILES string of the molecule is C#CCOc1ccc(CCC(=O)NC(C)C#N)cc1OC. The summed E-state index contributed by atoms with van der Waals surface area (Å²) in [6.07, 6.45) is 6.00. The number of methoxy groups -OCH3 is 1. The number of terminal acetylenes is 1. The summed E-state index contributed by atoms with van der Waals surface area (Å²) in [6, 6.07) is 6.91. The Morgan fingerprint density at radius 2 is 2.24 bits per heavy atom. The molecule has 5 nitrogen and oxygen atoms in total. The van der Waals surface area contributed by atoms with E-state index in [1.807, 2.05) is 18.2 Å². The minimum atomic E-state index is -0.480. The van der Waals surface area contributed by atoms with Gasteiger partial charge in [0, 0.05) is 6.42 Å². The molecule has 1 N–H and O–H groups in total. The van der Waals surface area contributed by atoms with Crippen LogP contribution in [0.2, 0.25) is 0 Å². The van der Waals surface area contributed by atoms with Crippen molar-refractivity contribution < 1.29 is 14.3 Å². The van der Waals surface area contributed by atoms with Crippen molar-refractivity contribution in [2.75, 3.05) is 13.7 Å². The fraction of sp³-hybridized carbons (Fsp3) is 0.375. The maximum absolute atomic E-state index is 11.6. The Morgan fingerprint density at radius 1 is 1.48 bits per heavy atom. The number of nitriles is 1. The van der Waals surface area contributed by atoms with E-state index in [0.29, 0.717) is 24.3 Å². The van der Waals surface area contributed by atoms with E-state index < -0.39 is 6.04 Å². The maximum Gasteiger partial charge on any atom is 0.221 e. The van der Waals surface area contributed by atoms with E-state index in [4.69, 9.17) is 21.2 Å². The molecular weight excluding hydrogens is 268 g/mol. The molecule has 0 aliphatic heterocycles.